The van der Waals surface area contributed by atoms with Gasteiger partial charge in [-0.2, -0.15) is 0 Å². The van der Waals surface area contributed by atoms with Crippen molar-refractivity contribution >= 4 is 11.5 Å². The van der Waals surface area contributed by atoms with Crippen LogP contribution in [-0.4, -0.2) is 27.2 Å². The summed E-state index contributed by atoms with van der Waals surface area (Å²) < 4.78 is 0. The summed E-state index contributed by atoms with van der Waals surface area (Å²) in [5.74, 6) is 0.576. The van der Waals surface area contributed by atoms with E-state index in [2.05, 4.69) is 10.3 Å². The molecule has 1 aromatic heterocycles. The van der Waals surface area contributed by atoms with Crippen molar-refractivity contribution in [1.82, 2.24) is 4.98 Å². The number of nitro groups is 1. The third-order valence-corrected chi connectivity index (χ3v) is 3.27. The third kappa shape index (κ3) is 3.16. The SMILES string of the molecule is O=[N+]([O-])c1ccc(NC2CCCCCC2O)nc1. The lowest BCUT2D eigenvalue weighted by Gasteiger charge is -2.22. The van der Waals surface area contributed by atoms with E-state index in [9.17, 15) is 15.2 Å². The standard InChI is InChI=1S/C12H17N3O3/c16-11-5-3-1-2-4-10(11)14-12-7-6-9(8-13-12)15(17)18/h6-8,10-11,16H,1-5H2,(H,13,14). The van der Waals surface area contributed by atoms with E-state index in [0.29, 0.717) is 5.82 Å². The molecule has 0 radical (unpaired) electrons. The van der Waals surface area contributed by atoms with Crippen LogP contribution in [0.1, 0.15) is 32.1 Å². The highest BCUT2D eigenvalue weighted by molar-refractivity contribution is 5.41. The minimum Gasteiger partial charge on any atom is -0.391 e. The van der Waals surface area contributed by atoms with Crippen LogP contribution in [0.3, 0.4) is 0 Å². The highest BCUT2D eigenvalue weighted by Crippen LogP contribution is 2.21. The zero-order chi connectivity index (χ0) is 13.0. The van der Waals surface area contributed by atoms with E-state index < -0.39 is 4.92 Å². The monoisotopic (exact) mass is 251 g/mol. The van der Waals surface area contributed by atoms with Gasteiger partial charge in [0.25, 0.3) is 5.69 Å². The number of aromatic nitrogens is 1. The Morgan fingerprint density at radius 2 is 2.11 bits per heavy atom. The van der Waals surface area contributed by atoms with Crippen LogP contribution in [0.2, 0.25) is 0 Å². The summed E-state index contributed by atoms with van der Waals surface area (Å²) in [4.78, 5) is 14.0. The van der Waals surface area contributed by atoms with Gasteiger partial charge in [-0.3, -0.25) is 10.1 Å². The molecule has 2 rings (SSSR count). The van der Waals surface area contributed by atoms with Crippen molar-refractivity contribution in [2.45, 2.75) is 44.2 Å². The van der Waals surface area contributed by atoms with Crippen LogP contribution in [0.4, 0.5) is 11.5 Å². The number of aliphatic hydroxyl groups excluding tert-OH is 1. The number of hydrogen-bond donors (Lipinski definition) is 2. The Morgan fingerprint density at radius 3 is 2.78 bits per heavy atom. The van der Waals surface area contributed by atoms with Gasteiger partial charge in [-0.1, -0.05) is 19.3 Å². The normalized spacial score (nSPS) is 24.3. The second-order valence-electron chi connectivity index (χ2n) is 4.61. The number of anilines is 1. The smallest absolute Gasteiger partial charge is 0.287 e. The number of nitrogens with one attached hydrogen (secondary N) is 1. The van der Waals surface area contributed by atoms with Crippen LogP contribution in [0.15, 0.2) is 18.3 Å². The summed E-state index contributed by atoms with van der Waals surface area (Å²) in [5, 5.41) is 23.6. The second kappa shape index (κ2) is 5.77. The molecule has 98 valence electrons. The van der Waals surface area contributed by atoms with Crippen LogP contribution in [0.25, 0.3) is 0 Å². The Labute approximate surface area is 105 Å². The van der Waals surface area contributed by atoms with Crippen LogP contribution >= 0.6 is 0 Å². The minimum atomic E-state index is -0.475. The molecule has 1 aromatic rings. The van der Waals surface area contributed by atoms with Gasteiger partial charge in [0.05, 0.1) is 17.1 Å². The van der Waals surface area contributed by atoms with E-state index in [4.69, 9.17) is 0 Å². The van der Waals surface area contributed by atoms with Gasteiger partial charge in [0.2, 0.25) is 0 Å². The predicted octanol–water partition coefficient (Wildman–Crippen LogP) is 2.10. The molecule has 2 atom stereocenters. The van der Waals surface area contributed by atoms with E-state index in [1.54, 1.807) is 6.07 Å². The fraction of sp³-hybridized carbons (Fsp3) is 0.583. The molecule has 1 saturated carbocycles. The molecule has 0 aliphatic heterocycles. The van der Waals surface area contributed by atoms with Crippen molar-refractivity contribution < 1.29 is 10.0 Å². The Balaban J connectivity index is 2.01. The van der Waals surface area contributed by atoms with Crippen molar-refractivity contribution in [2.75, 3.05) is 5.32 Å². The molecule has 6 nitrogen and oxygen atoms in total. The predicted molar refractivity (Wildman–Crippen MR) is 67.4 cm³/mol. The van der Waals surface area contributed by atoms with Gasteiger partial charge in [-0.15, -0.1) is 0 Å². The lowest BCUT2D eigenvalue weighted by Crippen LogP contribution is -2.32. The Bertz CT molecular complexity index is 408. The largest absolute Gasteiger partial charge is 0.391 e. The quantitative estimate of drug-likeness (QED) is 0.488. The third-order valence-electron chi connectivity index (χ3n) is 3.27. The molecule has 0 amide bonds. The average Bonchev–Trinajstić information content (AvgIpc) is 2.56. The lowest BCUT2D eigenvalue weighted by atomic mass is 10.1. The van der Waals surface area contributed by atoms with Gasteiger partial charge in [-0.05, 0) is 18.9 Å². The molecule has 0 saturated heterocycles. The minimum absolute atomic E-state index is 0.0125. The second-order valence-corrected chi connectivity index (χ2v) is 4.61. The van der Waals surface area contributed by atoms with Gasteiger partial charge in [0.1, 0.15) is 12.0 Å². The van der Waals surface area contributed by atoms with Gasteiger partial charge >= 0.3 is 0 Å². The molecule has 1 aliphatic rings. The van der Waals surface area contributed by atoms with E-state index >= 15 is 0 Å². The summed E-state index contributed by atoms with van der Waals surface area (Å²) in [5.41, 5.74) is -0.0260. The molecule has 6 heteroatoms. The van der Waals surface area contributed by atoms with Gasteiger partial charge in [0, 0.05) is 6.07 Å². The summed E-state index contributed by atoms with van der Waals surface area (Å²) in [6.45, 7) is 0. The number of pyridine rings is 1. The fourth-order valence-electron chi connectivity index (χ4n) is 2.23. The molecule has 0 aromatic carbocycles. The zero-order valence-corrected chi connectivity index (χ0v) is 10.1. The molecule has 0 bridgehead atoms. The number of aliphatic hydroxyl groups is 1. The van der Waals surface area contributed by atoms with Gasteiger partial charge in [-0.25, -0.2) is 4.98 Å². The van der Waals surface area contributed by atoms with Crippen molar-refractivity contribution in [3.63, 3.8) is 0 Å². The first-order valence-electron chi connectivity index (χ1n) is 6.22. The highest BCUT2D eigenvalue weighted by Gasteiger charge is 2.21. The summed E-state index contributed by atoms with van der Waals surface area (Å²) in [6, 6.07) is 2.98. The van der Waals surface area contributed by atoms with Gasteiger partial charge < -0.3 is 10.4 Å². The average molecular weight is 251 g/mol. The molecule has 1 fully saturated rings. The fourth-order valence-corrected chi connectivity index (χ4v) is 2.23. The molecule has 2 N–H and O–H groups in total. The molecular formula is C12H17N3O3. The maximum Gasteiger partial charge on any atom is 0.287 e. The Morgan fingerprint density at radius 1 is 1.33 bits per heavy atom. The van der Waals surface area contributed by atoms with Crippen LogP contribution in [0, 0.1) is 10.1 Å². The topological polar surface area (TPSA) is 88.3 Å². The summed E-state index contributed by atoms with van der Waals surface area (Å²) >= 11 is 0. The van der Waals surface area contributed by atoms with E-state index in [0.717, 1.165) is 32.1 Å². The molecule has 1 aliphatic carbocycles. The van der Waals surface area contributed by atoms with Gasteiger partial charge in [0.15, 0.2) is 0 Å². The van der Waals surface area contributed by atoms with E-state index in [1.807, 2.05) is 0 Å². The molecule has 1 heterocycles. The van der Waals surface area contributed by atoms with Crippen molar-refractivity contribution in [1.29, 1.82) is 0 Å². The van der Waals surface area contributed by atoms with Crippen LogP contribution in [-0.2, 0) is 0 Å². The first-order chi connectivity index (χ1) is 8.66. The van der Waals surface area contributed by atoms with Crippen LogP contribution in [0.5, 0.6) is 0 Å². The first-order valence-corrected chi connectivity index (χ1v) is 6.22. The number of nitrogens with zero attached hydrogens (tertiary/aromatic N) is 2. The summed E-state index contributed by atoms with van der Waals surface area (Å²) in [7, 11) is 0. The Hall–Kier alpha value is -1.69. The molecule has 0 spiro atoms. The zero-order valence-electron chi connectivity index (χ0n) is 10.1. The van der Waals surface area contributed by atoms with E-state index in [1.165, 1.54) is 12.3 Å². The van der Waals surface area contributed by atoms with Crippen molar-refractivity contribution in [3.05, 3.63) is 28.4 Å². The lowest BCUT2D eigenvalue weighted by molar-refractivity contribution is -0.385. The summed E-state index contributed by atoms with van der Waals surface area (Å²) in [6.07, 6.45) is 5.83. The molecule has 18 heavy (non-hydrogen) atoms. The first kappa shape index (κ1) is 12.8. The van der Waals surface area contributed by atoms with Crippen molar-refractivity contribution in [2.24, 2.45) is 0 Å². The maximum absolute atomic E-state index is 10.5. The molecule has 2 unspecified atom stereocenters. The number of rotatable bonds is 3. The van der Waals surface area contributed by atoms with E-state index in [-0.39, 0.29) is 17.8 Å². The highest BCUT2D eigenvalue weighted by atomic mass is 16.6. The number of hydrogen-bond acceptors (Lipinski definition) is 5. The maximum atomic E-state index is 10.5. The Kier molecular flexibility index (Phi) is 4.09. The molecular weight excluding hydrogens is 234 g/mol. The van der Waals surface area contributed by atoms with Crippen LogP contribution < -0.4 is 5.32 Å². The van der Waals surface area contributed by atoms with Crippen molar-refractivity contribution in [3.8, 4) is 0 Å².